The van der Waals surface area contributed by atoms with Crippen molar-refractivity contribution in [2.24, 2.45) is 0 Å². The van der Waals surface area contributed by atoms with Crippen LogP contribution in [0.4, 0.5) is 0 Å². The Kier molecular flexibility index (Phi) is 11.6. The van der Waals surface area contributed by atoms with Gasteiger partial charge in [0.15, 0.2) is 0 Å². The molecule has 2 unspecified atom stereocenters. The molecule has 146 valence electrons. The van der Waals surface area contributed by atoms with Gasteiger partial charge in [-0.2, -0.15) is 0 Å². The molecule has 6 heteroatoms. The Hall–Kier alpha value is -0.0300. The van der Waals surface area contributed by atoms with Gasteiger partial charge in [0.1, 0.15) is 0 Å². The molecule has 1 fully saturated rings. The first-order valence-electron chi connectivity index (χ1n) is 8.87. The van der Waals surface area contributed by atoms with E-state index in [0.29, 0.717) is 0 Å². The number of piperazine rings is 1. The van der Waals surface area contributed by atoms with E-state index in [1.165, 1.54) is 0 Å². The van der Waals surface area contributed by atoms with Gasteiger partial charge in [-0.25, -0.2) is 0 Å². The lowest BCUT2D eigenvalue weighted by molar-refractivity contribution is -0.0155. The van der Waals surface area contributed by atoms with E-state index in [2.05, 4.69) is 36.8 Å². The van der Waals surface area contributed by atoms with Crippen molar-refractivity contribution in [2.45, 2.75) is 44.6 Å². The monoisotopic (exact) mass is 410 g/mol. The quantitative estimate of drug-likeness (QED) is 0.717. The fourth-order valence-electron chi connectivity index (χ4n) is 3.63. The Labute approximate surface area is 170 Å². The van der Waals surface area contributed by atoms with Gasteiger partial charge in [0.05, 0.1) is 5.60 Å². The Balaban J connectivity index is 0.00000288. The molecule has 1 aromatic carbocycles. The van der Waals surface area contributed by atoms with Gasteiger partial charge in [-0.15, -0.1) is 24.8 Å². The second-order valence-electron chi connectivity index (χ2n) is 6.92. The number of rotatable bonds is 7. The van der Waals surface area contributed by atoms with E-state index in [-0.39, 0.29) is 30.7 Å². The van der Waals surface area contributed by atoms with Gasteiger partial charge in [-0.1, -0.05) is 44.0 Å². The third kappa shape index (κ3) is 6.89. The van der Waals surface area contributed by atoms with E-state index in [1.807, 2.05) is 18.2 Å². The molecule has 0 amide bonds. The summed E-state index contributed by atoms with van der Waals surface area (Å²) in [6, 6.07) is 8.04. The fraction of sp³-hybridized carbons (Fsp3) is 0.684. The van der Waals surface area contributed by atoms with Gasteiger partial charge < -0.3 is 14.9 Å². The van der Waals surface area contributed by atoms with Crippen LogP contribution in [0.2, 0.25) is 5.02 Å². The molecule has 1 heterocycles. The lowest BCUT2D eigenvalue weighted by atomic mass is 9.77. The van der Waals surface area contributed by atoms with E-state index in [1.54, 1.807) is 0 Å². The van der Waals surface area contributed by atoms with E-state index < -0.39 is 5.60 Å². The summed E-state index contributed by atoms with van der Waals surface area (Å²) < 4.78 is 0. The normalized spacial score (nSPS) is 19.4. The summed E-state index contributed by atoms with van der Waals surface area (Å²) in [7, 11) is 2.17. The second kappa shape index (κ2) is 11.6. The fourth-order valence-corrected chi connectivity index (χ4v) is 3.83. The number of aliphatic hydroxyl groups is 1. The highest BCUT2D eigenvalue weighted by Crippen LogP contribution is 2.36. The molecule has 2 rings (SSSR count). The van der Waals surface area contributed by atoms with Gasteiger partial charge in [0.25, 0.3) is 0 Å². The molecule has 0 aliphatic carbocycles. The molecule has 0 saturated carbocycles. The average Bonchev–Trinajstić information content (AvgIpc) is 2.54. The van der Waals surface area contributed by atoms with Gasteiger partial charge in [0, 0.05) is 43.7 Å². The average molecular weight is 412 g/mol. The first kappa shape index (κ1) is 25.0. The van der Waals surface area contributed by atoms with Crippen molar-refractivity contribution in [2.75, 3.05) is 39.8 Å². The first-order valence-corrected chi connectivity index (χ1v) is 9.25. The number of hydrogen-bond donors (Lipinski definition) is 1. The van der Waals surface area contributed by atoms with Crippen LogP contribution in [0.15, 0.2) is 24.3 Å². The van der Waals surface area contributed by atoms with Gasteiger partial charge >= 0.3 is 0 Å². The largest absolute Gasteiger partial charge is 0.389 e. The van der Waals surface area contributed by atoms with Crippen LogP contribution >= 0.6 is 36.4 Å². The maximum absolute atomic E-state index is 11.3. The molecule has 0 spiro atoms. The minimum absolute atomic E-state index is 0. The maximum Gasteiger partial charge on any atom is 0.0725 e. The van der Waals surface area contributed by atoms with Crippen LogP contribution in [0.5, 0.6) is 0 Å². The van der Waals surface area contributed by atoms with Crippen LogP contribution in [0.1, 0.15) is 44.6 Å². The molecule has 3 nitrogen and oxygen atoms in total. The molecule has 2 atom stereocenters. The van der Waals surface area contributed by atoms with Crippen molar-refractivity contribution in [3.63, 3.8) is 0 Å². The van der Waals surface area contributed by atoms with E-state index in [4.69, 9.17) is 11.6 Å². The summed E-state index contributed by atoms with van der Waals surface area (Å²) in [5.41, 5.74) is 0.497. The maximum atomic E-state index is 11.3. The number of benzene rings is 1. The van der Waals surface area contributed by atoms with Gasteiger partial charge in [-0.3, -0.25) is 0 Å². The second-order valence-corrected chi connectivity index (χ2v) is 7.36. The Morgan fingerprint density at radius 1 is 1.16 bits per heavy atom. The minimum Gasteiger partial charge on any atom is -0.389 e. The number of nitrogens with zero attached hydrogens (tertiary/aromatic N) is 2. The predicted octanol–water partition coefficient (Wildman–Crippen LogP) is 4.46. The van der Waals surface area contributed by atoms with Crippen LogP contribution < -0.4 is 0 Å². The minimum atomic E-state index is -0.664. The van der Waals surface area contributed by atoms with Crippen LogP contribution in [0.3, 0.4) is 0 Å². The summed E-state index contributed by atoms with van der Waals surface area (Å²) in [4.78, 5) is 4.85. The molecule has 1 aliphatic heterocycles. The Morgan fingerprint density at radius 3 is 2.32 bits per heavy atom. The van der Waals surface area contributed by atoms with Gasteiger partial charge in [-0.05, 0) is 37.6 Å². The topological polar surface area (TPSA) is 26.7 Å². The molecule has 0 aromatic heterocycles. The third-order valence-corrected chi connectivity index (χ3v) is 5.47. The lowest BCUT2D eigenvalue weighted by Crippen LogP contribution is -2.49. The molecule has 25 heavy (non-hydrogen) atoms. The highest BCUT2D eigenvalue weighted by Gasteiger charge is 2.36. The standard InChI is InChI=1S/C19H31ClN2O.2ClH/c1-4-9-19(23,5-2)18(16-7-6-8-17(20)14-16)15-22-12-10-21(3)11-13-22;;/h6-8,14,18,23H,4-5,9-13,15H2,1-3H3;2*1H. The summed E-state index contributed by atoms with van der Waals surface area (Å²) in [5, 5.41) is 12.1. The van der Waals surface area contributed by atoms with Crippen LogP contribution in [-0.4, -0.2) is 60.3 Å². The molecule has 1 N–H and O–H groups in total. The first-order chi connectivity index (χ1) is 11.0. The summed E-state index contributed by atoms with van der Waals surface area (Å²) in [6.45, 7) is 9.47. The third-order valence-electron chi connectivity index (χ3n) is 5.23. The molecule has 1 aromatic rings. The molecule has 0 bridgehead atoms. The van der Waals surface area contributed by atoms with E-state index >= 15 is 0 Å². The van der Waals surface area contributed by atoms with Crippen molar-refractivity contribution >= 4 is 36.4 Å². The smallest absolute Gasteiger partial charge is 0.0725 e. The lowest BCUT2D eigenvalue weighted by Gasteiger charge is -2.41. The van der Waals surface area contributed by atoms with Crippen molar-refractivity contribution in [1.82, 2.24) is 9.80 Å². The number of halogens is 3. The Bertz CT molecular complexity index is 495. The number of likely N-dealkylation sites (N-methyl/N-ethyl adjacent to an activating group) is 1. The molecule has 1 aliphatic rings. The highest BCUT2D eigenvalue weighted by molar-refractivity contribution is 6.30. The molecular formula is C19H33Cl3N2O. The highest BCUT2D eigenvalue weighted by atomic mass is 35.5. The SMILES string of the molecule is CCCC(O)(CC)C(CN1CCN(C)CC1)c1cccc(Cl)c1.Cl.Cl. The predicted molar refractivity (Wildman–Crippen MR) is 113 cm³/mol. The summed E-state index contributed by atoms with van der Waals surface area (Å²) in [6.07, 6.45) is 2.59. The summed E-state index contributed by atoms with van der Waals surface area (Å²) in [5.74, 6) is 0.106. The van der Waals surface area contributed by atoms with Gasteiger partial charge in [0.2, 0.25) is 0 Å². The van der Waals surface area contributed by atoms with Crippen LogP contribution in [-0.2, 0) is 0 Å². The van der Waals surface area contributed by atoms with Crippen molar-refractivity contribution in [1.29, 1.82) is 0 Å². The number of hydrogen-bond acceptors (Lipinski definition) is 3. The zero-order chi connectivity index (χ0) is 16.9. The Morgan fingerprint density at radius 2 is 1.80 bits per heavy atom. The van der Waals surface area contributed by atoms with E-state index in [0.717, 1.165) is 62.6 Å². The molecule has 1 saturated heterocycles. The van der Waals surface area contributed by atoms with Crippen molar-refractivity contribution in [3.05, 3.63) is 34.9 Å². The van der Waals surface area contributed by atoms with Crippen LogP contribution in [0.25, 0.3) is 0 Å². The summed E-state index contributed by atoms with van der Waals surface area (Å²) >= 11 is 6.22. The van der Waals surface area contributed by atoms with Crippen molar-refractivity contribution < 1.29 is 5.11 Å². The zero-order valence-electron chi connectivity index (χ0n) is 15.6. The molecule has 0 radical (unpaired) electrons. The molecular weight excluding hydrogens is 379 g/mol. The van der Waals surface area contributed by atoms with Crippen molar-refractivity contribution in [3.8, 4) is 0 Å². The van der Waals surface area contributed by atoms with E-state index in [9.17, 15) is 5.11 Å². The van der Waals surface area contributed by atoms with Crippen LogP contribution in [0, 0.1) is 0 Å². The zero-order valence-corrected chi connectivity index (χ0v) is 18.0.